The van der Waals surface area contributed by atoms with Gasteiger partial charge in [0.2, 0.25) is 0 Å². The van der Waals surface area contributed by atoms with Crippen molar-refractivity contribution in [1.29, 1.82) is 0 Å². The van der Waals surface area contributed by atoms with E-state index in [1.807, 2.05) is 37.3 Å². The lowest BCUT2D eigenvalue weighted by Crippen LogP contribution is -2.51. The first-order valence-electron chi connectivity index (χ1n) is 9.47. The Morgan fingerprint density at radius 2 is 2.00 bits per heavy atom. The van der Waals surface area contributed by atoms with Crippen LogP contribution in [-0.4, -0.2) is 35.8 Å². The molecule has 0 bridgehead atoms. The topological polar surface area (TPSA) is 72.5 Å². The smallest absolute Gasteiger partial charge is 0.315 e. The van der Waals surface area contributed by atoms with Crippen molar-refractivity contribution in [3.63, 3.8) is 0 Å². The monoisotopic (exact) mass is 367 g/mol. The van der Waals surface area contributed by atoms with Crippen LogP contribution in [0.5, 0.6) is 5.75 Å². The molecule has 2 aliphatic heterocycles. The number of amides is 2. The zero-order valence-electron chi connectivity index (χ0n) is 15.6. The van der Waals surface area contributed by atoms with E-state index in [1.54, 1.807) is 12.4 Å². The minimum atomic E-state index is -0.191. The molecule has 27 heavy (non-hydrogen) atoms. The molecule has 1 saturated heterocycles. The van der Waals surface area contributed by atoms with Gasteiger partial charge < -0.3 is 20.1 Å². The number of carbonyl (C=O) groups excluding carboxylic acids is 1. The number of pyridine rings is 1. The number of ether oxygens (including phenoxy) is 2. The number of fused-ring (bicyclic) bond motifs is 1. The minimum absolute atomic E-state index is 0.0567. The highest BCUT2D eigenvalue weighted by Crippen LogP contribution is 2.38. The molecule has 2 N–H and O–H groups in total. The second kappa shape index (κ2) is 7.56. The van der Waals surface area contributed by atoms with Crippen LogP contribution >= 0.6 is 0 Å². The van der Waals surface area contributed by atoms with Crippen LogP contribution in [0, 0.1) is 0 Å². The Balaban J connectivity index is 1.36. The molecule has 2 aliphatic rings. The number of rotatable bonds is 4. The van der Waals surface area contributed by atoms with Crippen LogP contribution in [0.1, 0.15) is 43.4 Å². The molecule has 6 nitrogen and oxygen atoms in total. The number of carbonyl (C=O) groups is 1. The molecule has 1 aromatic carbocycles. The van der Waals surface area contributed by atoms with E-state index in [9.17, 15) is 4.79 Å². The molecule has 2 amide bonds. The standard InChI is InChI=1S/C21H25N3O3/c1-13-16-5-3-4-6-18(16)27-19(13)14(2)23-21(25)24-17-9-12-26-20(17)15-7-10-22-11-8-15/h3-8,10-11,13-14,17,19-20H,9,12H2,1-2H3,(H2,23,24,25)/t13?,14?,17-,19?,20+/m0/s1. The Morgan fingerprint density at radius 1 is 1.22 bits per heavy atom. The zero-order valence-corrected chi connectivity index (χ0v) is 15.6. The Labute approximate surface area is 159 Å². The number of hydrogen-bond donors (Lipinski definition) is 2. The van der Waals surface area contributed by atoms with Crippen molar-refractivity contribution in [3.05, 3.63) is 59.9 Å². The van der Waals surface area contributed by atoms with Crippen LogP contribution in [0.15, 0.2) is 48.8 Å². The van der Waals surface area contributed by atoms with Gasteiger partial charge in [-0.25, -0.2) is 4.79 Å². The molecule has 1 fully saturated rings. The van der Waals surface area contributed by atoms with E-state index in [1.165, 1.54) is 5.56 Å². The summed E-state index contributed by atoms with van der Waals surface area (Å²) in [5.41, 5.74) is 2.22. The first-order chi connectivity index (χ1) is 13.1. The average Bonchev–Trinajstić information content (AvgIpc) is 3.27. The van der Waals surface area contributed by atoms with Crippen LogP contribution in [-0.2, 0) is 4.74 Å². The molecule has 4 rings (SSSR count). The van der Waals surface area contributed by atoms with E-state index in [0.29, 0.717) is 6.61 Å². The molecule has 0 aliphatic carbocycles. The molecule has 142 valence electrons. The summed E-state index contributed by atoms with van der Waals surface area (Å²) in [6.45, 7) is 4.75. The van der Waals surface area contributed by atoms with Crippen molar-refractivity contribution in [1.82, 2.24) is 15.6 Å². The summed E-state index contributed by atoms with van der Waals surface area (Å²) in [7, 11) is 0. The Hall–Kier alpha value is -2.60. The van der Waals surface area contributed by atoms with Gasteiger partial charge in [-0.15, -0.1) is 0 Å². The predicted molar refractivity (Wildman–Crippen MR) is 102 cm³/mol. The fourth-order valence-corrected chi connectivity index (χ4v) is 4.04. The molecule has 5 atom stereocenters. The molecule has 3 unspecified atom stereocenters. The van der Waals surface area contributed by atoms with E-state index in [2.05, 4.69) is 28.6 Å². The largest absolute Gasteiger partial charge is 0.487 e. The molecule has 0 radical (unpaired) electrons. The lowest BCUT2D eigenvalue weighted by Gasteiger charge is -2.26. The molecule has 1 aromatic heterocycles. The van der Waals surface area contributed by atoms with Gasteiger partial charge in [-0.2, -0.15) is 0 Å². The van der Waals surface area contributed by atoms with Crippen LogP contribution in [0.3, 0.4) is 0 Å². The Morgan fingerprint density at radius 3 is 2.78 bits per heavy atom. The maximum atomic E-state index is 12.6. The predicted octanol–water partition coefficient (Wildman–Crippen LogP) is 3.16. The van der Waals surface area contributed by atoms with Crippen LogP contribution < -0.4 is 15.4 Å². The van der Waals surface area contributed by atoms with Crippen LogP contribution in [0.4, 0.5) is 4.79 Å². The minimum Gasteiger partial charge on any atom is -0.487 e. The summed E-state index contributed by atoms with van der Waals surface area (Å²) < 4.78 is 11.9. The summed E-state index contributed by atoms with van der Waals surface area (Å²) in [5, 5.41) is 6.11. The van der Waals surface area contributed by atoms with Crippen molar-refractivity contribution in [2.45, 2.75) is 50.5 Å². The quantitative estimate of drug-likeness (QED) is 0.871. The third-order valence-corrected chi connectivity index (χ3v) is 5.46. The van der Waals surface area contributed by atoms with E-state index in [0.717, 1.165) is 17.7 Å². The van der Waals surface area contributed by atoms with Gasteiger partial charge in [0.15, 0.2) is 0 Å². The fraction of sp³-hybridized carbons (Fsp3) is 0.429. The van der Waals surface area contributed by atoms with Gasteiger partial charge >= 0.3 is 6.03 Å². The fourth-order valence-electron chi connectivity index (χ4n) is 4.04. The third-order valence-electron chi connectivity index (χ3n) is 5.46. The van der Waals surface area contributed by atoms with Gasteiger partial charge in [-0.1, -0.05) is 25.1 Å². The number of hydrogen-bond acceptors (Lipinski definition) is 4. The summed E-state index contributed by atoms with van der Waals surface area (Å²) in [4.78, 5) is 16.6. The summed E-state index contributed by atoms with van der Waals surface area (Å²) in [5.74, 6) is 1.14. The summed E-state index contributed by atoms with van der Waals surface area (Å²) in [6.07, 6.45) is 4.06. The second-order valence-electron chi connectivity index (χ2n) is 7.28. The van der Waals surface area contributed by atoms with Crippen molar-refractivity contribution in [3.8, 4) is 5.75 Å². The highest BCUT2D eigenvalue weighted by atomic mass is 16.5. The maximum Gasteiger partial charge on any atom is 0.315 e. The van der Waals surface area contributed by atoms with E-state index < -0.39 is 0 Å². The molecule has 2 aromatic rings. The number of para-hydroxylation sites is 1. The molecule has 0 spiro atoms. The summed E-state index contributed by atoms with van der Waals surface area (Å²) in [6, 6.07) is 11.5. The van der Waals surface area contributed by atoms with Gasteiger partial charge in [0, 0.05) is 30.5 Å². The molecule has 0 saturated carbocycles. The van der Waals surface area contributed by atoms with E-state index in [-0.39, 0.29) is 36.2 Å². The highest BCUT2D eigenvalue weighted by Gasteiger charge is 2.36. The maximum absolute atomic E-state index is 12.6. The SMILES string of the molecule is CC(NC(=O)N[C@H]1CCO[C@@H]1c1ccncc1)C1Oc2ccccc2C1C. The first kappa shape index (κ1) is 17.8. The molecular weight excluding hydrogens is 342 g/mol. The highest BCUT2D eigenvalue weighted by molar-refractivity contribution is 5.74. The molecule has 6 heteroatoms. The number of urea groups is 1. The average molecular weight is 367 g/mol. The number of aromatic nitrogens is 1. The van der Waals surface area contributed by atoms with Crippen molar-refractivity contribution < 1.29 is 14.3 Å². The Kier molecular flexibility index (Phi) is 4.99. The molecular formula is C21H25N3O3. The van der Waals surface area contributed by atoms with Gasteiger partial charge in [-0.3, -0.25) is 4.98 Å². The van der Waals surface area contributed by atoms with Gasteiger partial charge in [0.05, 0.1) is 12.1 Å². The normalized spacial score (nSPS) is 27.5. The van der Waals surface area contributed by atoms with Crippen LogP contribution in [0.25, 0.3) is 0 Å². The summed E-state index contributed by atoms with van der Waals surface area (Å²) >= 11 is 0. The number of nitrogens with one attached hydrogen (secondary N) is 2. The Bertz CT molecular complexity index is 798. The third kappa shape index (κ3) is 3.62. The lowest BCUT2D eigenvalue weighted by atomic mass is 9.94. The van der Waals surface area contributed by atoms with E-state index >= 15 is 0 Å². The van der Waals surface area contributed by atoms with Crippen molar-refractivity contribution in [2.75, 3.05) is 6.61 Å². The van der Waals surface area contributed by atoms with Gasteiger partial charge in [0.1, 0.15) is 18.0 Å². The first-order valence-corrected chi connectivity index (χ1v) is 9.47. The van der Waals surface area contributed by atoms with Crippen molar-refractivity contribution >= 4 is 6.03 Å². The van der Waals surface area contributed by atoms with Gasteiger partial charge in [0.25, 0.3) is 0 Å². The van der Waals surface area contributed by atoms with Crippen LogP contribution in [0.2, 0.25) is 0 Å². The zero-order chi connectivity index (χ0) is 18.8. The lowest BCUT2D eigenvalue weighted by molar-refractivity contribution is 0.0992. The van der Waals surface area contributed by atoms with E-state index in [4.69, 9.17) is 9.47 Å². The van der Waals surface area contributed by atoms with Crippen molar-refractivity contribution in [2.24, 2.45) is 0 Å². The molecule has 3 heterocycles. The number of benzene rings is 1. The number of nitrogens with zero attached hydrogens (tertiary/aromatic N) is 1. The van der Waals surface area contributed by atoms with Gasteiger partial charge in [-0.05, 0) is 37.1 Å². The second-order valence-corrected chi connectivity index (χ2v) is 7.28.